The Labute approximate surface area is 153 Å². The van der Waals surface area contributed by atoms with Gasteiger partial charge in [-0.15, -0.1) is 0 Å². The lowest BCUT2D eigenvalue weighted by Crippen LogP contribution is -2.60. The van der Waals surface area contributed by atoms with Gasteiger partial charge in [-0.25, -0.2) is 16.8 Å². The lowest BCUT2D eigenvalue weighted by molar-refractivity contribution is 0.0590. The zero-order chi connectivity index (χ0) is 18.5. The van der Waals surface area contributed by atoms with Crippen LogP contribution in [0.3, 0.4) is 0 Å². The minimum Gasteiger partial charge on any atom is -0.380 e. The fourth-order valence-corrected chi connectivity index (χ4v) is 7.65. The molecule has 0 N–H and O–H groups in total. The van der Waals surface area contributed by atoms with Crippen LogP contribution < -0.4 is 0 Å². The van der Waals surface area contributed by atoms with Crippen molar-refractivity contribution in [2.24, 2.45) is 0 Å². The van der Waals surface area contributed by atoms with Gasteiger partial charge < -0.3 is 4.74 Å². The predicted octanol–water partition coefficient (Wildman–Crippen LogP) is 1.12. The molecule has 4 rings (SSSR count). The number of fused-ring (bicyclic) bond motifs is 2. The van der Waals surface area contributed by atoms with Gasteiger partial charge in [0.15, 0.2) is 9.84 Å². The van der Waals surface area contributed by atoms with Gasteiger partial charge in [0.1, 0.15) is 10.1 Å². The summed E-state index contributed by atoms with van der Waals surface area (Å²) in [4.78, 5) is 4.45. The number of sulfonamides is 1. The van der Waals surface area contributed by atoms with Crippen molar-refractivity contribution in [3.05, 3.63) is 36.0 Å². The molecule has 0 bridgehead atoms. The maximum atomic E-state index is 13.4. The van der Waals surface area contributed by atoms with E-state index in [0.29, 0.717) is 18.5 Å². The Kier molecular flexibility index (Phi) is 4.30. The third-order valence-corrected chi connectivity index (χ3v) is 9.17. The molecule has 2 aliphatic heterocycles. The Morgan fingerprint density at radius 1 is 1.31 bits per heavy atom. The minimum absolute atomic E-state index is 0.0336. The van der Waals surface area contributed by atoms with Crippen molar-refractivity contribution in [1.82, 2.24) is 9.29 Å². The smallest absolute Gasteiger partial charge is 0.245 e. The number of nitrogens with zero attached hydrogens (tertiary/aromatic N) is 2. The summed E-state index contributed by atoms with van der Waals surface area (Å²) in [6, 6.07) is 6.36. The molecule has 140 valence electrons. The molecule has 2 fully saturated rings. The summed E-state index contributed by atoms with van der Waals surface area (Å²) < 4.78 is 58.2. The monoisotopic (exact) mass is 396 g/mol. The highest BCUT2D eigenvalue weighted by atomic mass is 32.2. The van der Waals surface area contributed by atoms with Crippen LogP contribution in [0.4, 0.5) is 0 Å². The van der Waals surface area contributed by atoms with E-state index in [1.807, 2.05) is 19.1 Å². The standard InChI is InChI=1S/C17H20N2O5S2/c1-12-9-13-3-2-4-15(17(13)18-10-12)26(22,23)19-6-8-25(20,21)16-11-24-7-5-14(16)19/h2-4,9-10,14,16H,5-8,11H2,1H3. The van der Waals surface area contributed by atoms with Gasteiger partial charge in [0, 0.05) is 30.8 Å². The quantitative estimate of drug-likeness (QED) is 0.755. The van der Waals surface area contributed by atoms with Crippen LogP contribution in [0.2, 0.25) is 0 Å². The molecule has 2 atom stereocenters. The van der Waals surface area contributed by atoms with Crippen molar-refractivity contribution < 1.29 is 21.6 Å². The van der Waals surface area contributed by atoms with Gasteiger partial charge in [0.25, 0.3) is 0 Å². The van der Waals surface area contributed by atoms with Gasteiger partial charge in [-0.1, -0.05) is 12.1 Å². The van der Waals surface area contributed by atoms with Gasteiger partial charge in [-0.2, -0.15) is 4.31 Å². The van der Waals surface area contributed by atoms with E-state index in [2.05, 4.69) is 4.98 Å². The second-order valence-corrected chi connectivity index (χ2v) is 11.0. The Morgan fingerprint density at radius 2 is 2.12 bits per heavy atom. The van der Waals surface area contributed by atoms with Crippen LogP contribution in [-0.2, 0) is 24.6 Å². The van der Waals surface area contributed by atoms with E-state index in [1.54, 1.807) is 12.3 Å². The Hall–Kier alpha value is -1.55. The number of ether oxygens (including phenoxy) is 1. The number of sulfone groups is 1. The summed E-state index contributed by atoms with van der Waals surface area (Å²) in [5.74, 6) is -0.186. The maximum absolute atomic E-state index is 13.4. The highest BCUT2D eigenvalue weighted by Gasteiger charge is 2.48. The average molecular weight is 396 g/mol. The molecule has 0 spiro atoms. The van der Waals surface area contributed by atoms with Crippen molar-refractivity contribution in [2.75, 3.05) is 25.5 Å². The van der Waals surface area contributed by atoms with Gasteiger partial charge in [-0.05, 0) is 31.0 Å². The van der Waals surface area contributed by atoms with Crippen molar-refractivity contribution in [1.29, 1.82) is 0 Å². The molecule has 0 aliphatic carbocycles. The summed E-state index contributed by atoms with van der Waals surface area (Å²) in [6.45, 7) is 2.27. The minimum atomic E-state index is -3.87. The average Bonchev–Trinajstić information content (AvgIpc) is 2.61. The Morgan fingerprint density at radius 3 is 2.92 bits per heavy atom. The van der Waals surface area contributed by atoms with Crippen LogP contribution in [0.15, 0.2) is 35.4 Å². The number of hydrogen-bond donors (Lipinski definition) is 0. The lowest BCUT2D eigenvalue weighted by Gasteiger charge is -2.42. The van der Waals surface area contributed by atoms with Gasteiger partial charge in [0.05, 0.1) is 17.9 Å². The van der Waals surface area contributed by atoms with E-state index in [4.69, 9.17) is 4.74 Å². The first-order valence-corrected chi connectivity index (χ1v) is 11.6. The third-order valence-electron chi connectivity index (χ3n) is 5.09. The molecular formula is C17H20N2O5S2. The fourth-order valence-electron chi connectivity index (χ4n) is 3.78. The number of hydrogen-bond acceptors (Lipinski definition) is 6. The molecule has 9 heteroatoms. The van der Waals surface area contributed by atoms with Crippen molar-refractivity contribution in [3.63, 3.8) is 0 Å². The molecule has 0 amide bonds. The van der Waals surface area contributed by atoms with Gasteiger partial charge in [-0.3, -0.25) is 4.98 Å². The third kappa shape index (κ3) is 2.83. The highest BCUT2D eigenvalue weighted by molar-refractivity contribution is 7.92. The molecule has 0 radical (unpaired) electrons. The first kappa shape index (κ1) is 17.8. The summed E-state index contributed by atoms with van der Waals surface area (Å²) in [7, 11) is -7.23. The first-order chi connectivity index (χ1) is 12.3. The highest BCUT2D eigenvalue weighted by Crippen LogP contribution is 2.33. The SMILES string of the molecule is Cc1cnc2c(S(=O)(=O)N3CCS(=O)(=O)C4COCCC43)cccc2c1. The second kappa shape index (κ2) is 6.26. The van der Waals surface area contributed by atoms with Gasteiger partial charge in [0.2, 0.25) is 10.0 Å². The summed E-state index contributed by atoms with van der Waals surface area (Å²) in [5.41, 5.74) is 1.36. The molecule has 2 unspecified atom stereocenters. The Balaban J connectivity index is 1.82. The number of rotatable bonds is 2. The van der Waals surface area contributed by atoms with Crippen LogP contribution in [0.1, 0.15) is 12.0 Å². The van der Waals surface area contributed by atoms with Crippen LogP contribution in [0, 0.1) is 6.92 Å². The van der Waals surface area contributed by atoms with Crippen LogP contribution in [0.25, 0.3) is 10.9 Å². The Bertz CT molecular complexity index is 1070. The zero-order valence-electron chi connectivity index (χ0n) is 14.3. The largest absolute Gasteiger partial charge is 0.380 e. The van der Waals surface area contributed by atoms with E-state index in [1.165, 1.54) is 10.4 Å². The molecule has 1 aromatic carbocycles. The van der Waals surface area contributed by atoms with Crippen LogP contribution in [0.5, 0.6) is 0 Å². The number of aromatic nitrogens is 1. The van der Waals surface area contributed by atoms with Gasteiger partial charge >= 0.3 is 0 Å². The molecule has 7 nitrogen and oxygen atoms in total. The first-order valence-electron chi connectivity index (χ1n) is 8.47. The molecule has 0 saturated carbocycles. The molecule has 2 aromatic rings. The van der Waals surface area contributed by atoms with Crippen molar-refractivity contribution in [3.8, 4) is 0 Å². The fraction of sp³-hybridized carbons (Fsp3) is 0.471. The predicted molar refractivity (Wildman–Crippen MR) is 97.2 cm³/mol. The number of aryl methyl sites for hydroxylation is 1. The van der Waals surface area contributed by atoms with E-state index in [-0.39, 0.29) is 23.8 Å². The van der Waals surface area contributed by atoms with Crippen LogP contribution >= 0.6 is 0 Å². The van der Waals surface area contributed by atoms with E-state index < -0.39 is 31.2 Å². The zero-order valence-corrected chi connectivity index (χ0v) is 16.0. The second-order valence-electron chi connectivity index (χ2n) is 6.79. The van der Waals surface area contributed by atoms with Crippen molar-refractivity contribution in [2.45, 2.75) is 29.5 Å². The number of benzene rings is 1. The summed E-state index contributed by atoms with van der Waals surface area (Å²) in [5, 5.41) is -0.0517. The van der Waals surface area contributed by atoms with E-state index >= 15 is 0 Å². The summed E-state index contributed by atoms with van der Waals surface area (Å²) in [6.07, 6.45) is 2.01. The molecule has 26 heavy (non-hydrogen) atoms. The molecule has 2 aliphatic rings. The maximum Gasteiger partial charge on any atom is 0.245 e. The number of para-hydroxylation sites is 1. The van der Waals surface area contributed by atoms with Crippen LogP contribution in [-0.4, -0.2) is 62.9 Å². The molecule has 2 saturated heterocycles. The summed E-state index contributed by atoms with van der Waals surface area (Å²) >= 11 is 0. The topological polar surface area (TPSA) is 93.6 Å². The molecular weight excluding hydrogens is 376 g/mol. The van der Waals surface area contributed by atoms with Crippen molar-refractivity contribution >= 4 is 30.8 Å². The number of pyridine rings is 1. The normalized spacial score (nSPS) is 26.5. The van der Waals surface area contributed by atoms with E-state index in [9.17, 15) is 16.8 Å². The lowest BCUT2D eigenvalue weighted by atomic mass is 10.1. The van der Waals surface area contributed by atoms with E-state index in [0.717, 1.165) is 10.9 Å². The molecule has 3 heterocycles. The molecule has 1 aromatic heterocycles.